The minimum Gasteiger partial charge on any atom is -0.324 e. The summed E-state index contributed by atoms with van der Waals surface area (Å²) in [5.41, 5.74) is 1.85. The quantitative estimate of drug-likeness (QED) is 0.875. The van der Waals surface area contributed by atoms with Crippen molar-refractivity contribution in [1.29, 1.82) is 0 Å². The molecule has 7 heteroatoms. The van der Waals surface area contributed by atoms with Gasteiger partial charge >= 0.3 is 0 Å². The first-order valence-electron chi connectivity index (χ1n) is 6.07. The molecule has 20 heavy (non-hydrogen) atoms. The smallest absolute Gasteiger partial charge is 0.246 e. The first-order valence-corrected chi connectivity index (χ1v) is 6.07. The summed E-state index contributed by atoms with van der Waals surface area (Å²) in [5.74, 6) is -0.130. The van der Waals surface area contributed by atoms with E-state index in [9.17, 15) is 9.59 Å². The topological polar surface area (TPSA) is 88.9 Å². The molecular weight excluding hydrogens is 258 g/mol. The number of hydrogen-bond acceptors (Lipinski definition) is 4. The van der Waals surface area contributed by atoms with Crippen LogP contribution in [0.5, 0.6) is 0 Å². The minimum absolute atomic E-state index is 0.0282. The number of amides is 2. The van der Waals surface area contributed by atoms with Gasteiger partial charge in [-0.1, -0.05) is 22.9 Å². The third-order valence-corrected chi connectivity index (χ3v) is 2.48. The fourth-order valence-corrected chi connectivity index (χ4v) is 1.60. The molecule has 2 N–H and O–H groups in total. The minimum atomic E-state index is -0.235. The number of aromatic nitrogens is 3. The Bertz CT molecular complexity index is 618. The van der Waals surface area contributed by atoms with E-state index >= 15 is 0 Å². The van der Waals surface area contributed by atoms with E-state index in [1.807, 2.05) is 31.2 Å². The van der Waals surface area contributed by atoms with Gasteiger partial charge in [-0.05, 0) is 19.1 Å². The van der Waals surface area contributed by atoms with Crippen molar-refractivity contribution >= 4 is 23.3 Å². The molecule has 1 aromatic carbocycles. The van der Waals surface area contributed by atoms with Crippen LogP contribution in [0.25, 0.3) is 0 Å². The van der Waals surface area contributed by atoms with Crippen LogP contribution in [0.3, 0.4) is 0 Å². The maximum absolute atomic E-state index is 11.8. The van der Waals surface area contributed by atoms with Crippen molar-refractivity contribution in [3.8, 4) is 0 Å². The zero-order chi connectivity index (χ0) is 14.5. The summed E-state index contributed by atoms with van der Waals surface area (Å²) < 4.78 is 1.36. The van der Waals surface area contributed by atoms with Crippen LogP contribution in [-0.2, 0) is 16.1 Å². The van der Waals surface area contributed by atoms with Gasteiger partial charge in [-0.3, -0.25) is 9.59 Å². The molecule has 0 saturated heterocycles. The Morgan fingerprint density at radius 2 is 1.90 bits per heavy atom. The second-order valence-corrected chi connectivity index (χ2v) is 4.40. The van der Waals surface area contributed by atoms with Crippen LogP contribution in [-0.4, -0.2) is 26.8 Å². The fraction of sp³-hybridized carbons (Fsp3) is 0.231. The molecule has 2 aromatic rings. The van der Waals surface area contributed by atoms with Crippen molar-refractivity contribution in [2.75, 3.05) is 10.6 Å². The van der Waals surface area contributed by atoms with Crippen molar-refractivity contribution in [3.05, 3.63) is 36.0 Å². The molecule has 0 atom stereocenters. The molecule has 0 aliphatic carbocycles. The van der Waals surface area contributed by atoms with Gasteiger partial charge in [-0.2, -0.15) is 0 Å². The SMILES string of the molecule is CC(=O)Nc1cn(CC(=O)Nc2ccc(C)cc2)nn1. The maximum atomic E-state index is 11.8. The number of nitrogens with zero attached hydrogens (tertiary/aromatic N) is 3. The average Bonchev–Trinajstić information content (AvgIpc) is 2.78. The van der Waals surface area contributed by atoms with Crippen LogP contribution in [0.15, 0.2) is 30.5 Å². The molecule has 1 heterocycles. The molecule has 0 spiro atoms. The number of rotatable bonds is 4. The molecule has 0 fully saturated rings. The summed E-state index contributed by atoms with van der Waals surface area (Å²) >= 11 is 0. The zero-order valence-corrected chi connectivity index (χ0v) is 11.3. The number of aryl methyl sites for hydroxylation is 1. The van der Waals surface area contributed by atoms with E-state index in [-0.39, 0.29) is 18.4 Å². The van der Waals surface area contributed by atoms with E-state index in [0.29, 0.717) is 5.82 Å². The van der Waals surface area contributed by atoms with Gasteiger partial charge in [0, 0.05) is 12.6 Å². The predicted octanol–water partition coefficient (Wildman–Crippen LogP) is 1.18. The lowest BCUT2D eigenvalue weighted by atomic mass is 10.2. The summed E-state index contributed by atoms with van der Waals surface area (Å²) in [4.78, 5) is 22.7. The van der Waals surface area contributed by atoms with Gasteiger partial charge < -0.3 is 10.6 Å². The van der Waals surface area contributed by atoms with Gasteiger partial charge in [0.15, 0.2) is 5.82 Å². The second-order valence-electron chi connectivity index (χ2n) is 4.40. The third-order valence-electron chi connectivity index (χ3n) is 2.48. The molecule has 0 bridgehead atoms. The van der Waals surface area contributed by atoms with Crippen LogP contribution >= 0.6 is 0 Å². The van der Waals surface area contributed by atoms with Crippen LogP contribution in [0.4, 0.5) is 11.5 Å². The molecule has 0 saturated carbocycles. The summed E-state index contributed by atoms with van der Waals surface area (Å²) in [6.07, 6.45) is 1.50. The first-order chi connectivity index (χ1) is 9.52. The molecule has 2 amide bonds. The Hall–Kier alpha value is -2.70. The lowest BCUT2D eigenvalue weighted by Gasteiger charge is -2.05. The van der Waals surface area contributed by atoms with Crippen molar-refractivity contribution < 1.29 is 9.59 Å². The molecule has 1 aromatic heterocycles. The first kappa shape index (κ1) is 13.7. The monoisotopic (exact) mass is 273 g/mol. The zero-order valence-electron chi connectivity index (χ0n) is 11.3. The van der Waals surface area contributed by atoms with E-state index in [4.69, 9.17) is 0 Å². The van der Waals surface area contributed by atoms with Gasteiger partial charge in [-0.25, -0.2) is 4.68 Å². The van der Waals surface area contributed by atoms with Crippen molar-refractivity contribution in [2.24, 2.45) is 0 Å². The van der Waals surface area contributed by atoms with Crippen molar-refractivity contribution in [3.63, 3.8) is 0 Å². The van der Waals surface area contributed by atoms with Crippen LogP contribution in [0, 0.1) is 6.92 Å². The van der Waals surface area contributed by atoms with Gasteiger partial charge in [0.2, 0.25) is 11.8 Å². The highest BCUT2D eigenvalue weighted by molar-refractivity contribution is 5.90. The molecule has 0 aliphatic rings. The van der Waals surface area contributed by atoms with Gasteiger partial charge in [0.1, 0.15) is 6.54 Å². The molecule has 2 rings (SSSR count). The molecule has 0 unspecified atom stereocenters. The summed E-state index contributed by atoms with van der Waals surface area (Å²) in [5, 5.41) is 12.7. The molecular formula is C13H15N5O2. The summed E-state index contributed by atoms with van der Waals surface area (Å²) in [6, 6.07) is 7.49. The Kier molecular flexibility index (Phi) is 4.09. The third kappa shape index (κ3) is 3.91. The summed E-state index contributed by atoms with van der Waals surface area (Å²) in [7, 11) is 0. The Balaban J connectivity index is 1.92. The summed E-state index contributed by atoms with van der Waals surface area (Å²) in [6.45, 7) is 3.38. The molecule has 0 aliphatic heterocycles. The number of benzene rings is 1. The molecule has 0 radical (unpaired) electrons. The van der Waals surface area contributed by atoms with E-state index in [1.165, 1.54) is 17.8 Å². The molecule has 104 valence electrons. The average molecular weight is 273 g/mol. The highest BCUT2D eigenvalue weighted by atomic mass is 16.2. The Labute approximate surface area is 116 Å². The fourth-order valence-electron chi connectivity index (χ4n) is 1.60. The van der Waals surface area contributed by atoms with E-state index < -0.39 is 0 Å². The Morgan fingerprint density at radius 1 is 1.20 bits per heavy atom. The predicted molar refractivity (Wildman–Crippen MR) is 74.1 cm³/mol. The normalized spacial score (nSPS) is 10.1. The van der Waals surface area contributed by atoms with Crippen LogP contribution in [0.2, 0.25) is 0 Å². The lowest BCUT2D eigenvalue weighted by Crippen LogP contribution is -2.19. The van der Waals surface area contributed by atoms with Crippen molar-refractivity contribution in [1.82, 2.24) is 15.0 Å². The number of anilines is 2. The van der Waals surface area contributed by atoms with Gasteiger partial charge in [-0.15, -0.1) is 5.10 Å². The Morgan fingerprint density at radius 3 is 2.55 bits per heavy atom. The standard InChI is InChI=1S/C13H15N5O2/c1-9-3-5-11(6-4-9)15-13(20)8-18-7-12(16-17-18)14-10(2)19/h3-7H,8H2,1-2H3,(H,14,19)(H,15,20). The van der Waals surface area contributed by atoms with E-state index in [1.54, 1.807) is 0 Å². The lowest BCUT2D eigenvalue weighted by molar-refractivity contribution is -0.117. The van der Waals surface area contributed by atoms with Gasteiger partial charge in [0.25, 0.3) is 0 Å². The largest absolute Gasteiger partial charge is 0.324 e. The number of carbonyl (C=O) groups excluding carboxylic acids is 2. The number of nitrogens with one attached hydrogen (secondary N) is 2. The van der Waals surface area contributed by atoms with E-state index in [2.05, 4.69) is 20.9 Å². The van der Waals surface area contributed by atoms with Gasteiger partial charge in [0.05, 0.1) is 6.20 Å². The molecule has 7 nitrogen and oxygen atoms in total. The van der Waals surface area contributed by atoms with Crippen LogP contribution < -0.4 is 10.6 Å². The second kappa shape index (κ2) is 5.96. The maximum Gasteiger partial charge on any atom is 0.246 e. The van der Waals surface area contributed by atoms with Crippen LogP contribution in [0.1, 0.15) is 12.5 Å². The highest BCUT2D eigenvalue weighted by Crippen LogP contribution is 2.08. The van der Waals surface area contributed by atoms with E-state index in [0.717, 1.165) is 11.3 Å². The number of hydrogen-bond donors (Lipinski definition) is 2. The van der Waals surface area contributed by atoms with Crippen molar-refractivity contribution in [2.45, 2.75) is 20.4 Å². The number of carbonyl (C=O) groups is 2. The highest BCUT2D eigenvalue weighted by Gasteiger charge is 2.07.